The average Bonchev–Trinajstić information content (AvgIpc) is 2.81. The number of ketones is 1. The second-order valence-corrected chi connectivity index (χ2v) is 4.84. The standard InChI is InChI=1S/C15H20N2O/c1-4-11(2)17(3)10-15(18)13-9-16-14-8-6-5-7-12(13)14/h5-9,11,16H,4,10H2,1-3H3. The number of para-hydroxylation sites is 1. The molecule has 2 aromatic rings. The molecule has 0 radical (unpaired) electrons. The lowest BCUT2D eigenvalue weighted by atomic mass is 10.1. The Bertz CT molecular complexity index is 544. The highest BCUT2D eigenvalue weighted by molar-refractivity contribution is 6.08. The van der Waals surface area contributed by atoms with Crippen molar-refractivity contribution < 1.29 is 4.79 Å². The van der Waals surface area contributed by atoms with Crippen molar-refractivity contribution in [2.45, 2.75) is 26.3 Å². The van der Waals surface area contributed by atoms with Crippen LogP contribution in [-0.2, 0) is 0 Å². The molecule has 0 saturated heterocycles. The third kappa shape index (κ3) is 2.46. The summed E-state index contributed by atoms with van der Waals surface area (Å²) >= 11 is 0. The number of hydrogen-bond acceptors (Lipinski definition) is 2. The topological polar surface area (TPSA) is 36.1 Å². The van der Waals surface area contributed by atoms with E-state index in [0.717, 1.165) is 22.9 Å². The summed E-state index contributed by atoms with van der Waals surface area (Å²) in [4.78, 5) is 17.5. The molecule has 1 heterocycles. The molecule has 2 rings (SSSR count). The van der Waals surface area contributed by atoms with Gasteiger partial charge in [0, 0.05) is 28.7 Å². The minimum atomic E-state index is 0.176. The van der Waals surface area contributed by atoms with Crippen LogP contribution in [0.5, 0.6) is 0 Å². The van der Waals surface area contributed by atoms with Crippen molar-refractivity contribution in [2.75, 3.05) is 13.6 Å². The molecule has 1 aromatic heterocycles. The number of nitrogens with zero attached hydrogens (tertiary/aromatic N) is 1. The van der Waals surface area contributed by atoms with Gasteiger partial charge in [0.05, 0.1) is 6.54 Å². The SMILES string of the molecule is CCC(C)N(C)CC(=O)c1c[nH]c2ccccc12. The van der Waals surface area contributed by atoms with E-state index >= 15 is 0 Å². The quantitative estimate of drug-likeness (QED) is 0.820. The number of rotatable bonds is 5. The first-order chi connectivity index (χ1) is 8.63. The van der Waals surface area contributed by atoms with Crippen molar-refractivity contribution in [1.29, 1.82) is 0 Å². The van der Waals surface area contributed by atoms with Crippen LogP contribution in [0.1, 0.15) is 30.6 Å². The Balaban J connectivity index is 2.19. The van der Waals surface area contributed by atoms with Crippen LogP contribution in [0.25, 0.3) is 10.9 Å². The number of Topliss-reactive ketones (excluding diaryl/α,β-unsaturated/α-hetero) is 1. The van der Waals surface area contributed by atoms with E-state index in [4.69, 9.17) is 0 Å². The van der Waals surface area contributed by atoms with Crippen molar-refractivity contribution in [3.63, 3.8) is 0 Å². The van der Waals surface area contributed by atoms with E-state index in [1.54, 1.807) is 0 Å². The number of hydrogen-bond donors (Lipinski definition) is 1. The Morgan fingerprint density at radius 3 is 2.83 bits per heavy atom. The normalized spacial score (nSPS) is 13.1. The van der Waals surface area contributed by atoms with Crippen LogP contribution in [0, 0.1) is 0 Å². The largest absolute Gasteiger partial charge is 0.360 e. The van der Waals surface area contributed by atoms with Crippen LogP contribution < -0.4 is 0 Å². The molecule has 18 heavy (non-hydrogen) atoms. The smallest absolute Gasteiger partial charge is 0.178 e. The van der Waals surface area contributed by atoms with Gasteiger partial charge in [0.25, 0.3) is 0 Å². The van der Waals surface area contributed by atoms with Crippen molar-refractivity contribution in [2.24, 2.45) is 0 Å². The van der Waals surface area contributed by atoms with E-state index in [1.165, 1.54) is 0 Å². The second kappa shape index (κ2) is 5.36. The van der Waals surface area contributed by atoms with Gasteiger partial charge in [0.1, 0.15) is 0 Å². The van der Waals surface area contributed by atoms with Gasteiger partial charge in [-0.25, -0.2) is 0 Å². The van der Waals surface area contributed by atoms with E-state index in [1.807, 2.05) is 37.5 Å². The molecule has 0 spiro atoms. The molecule has 3 nitrogen and oxygen atoms in total. The van der Waals surface area contributed by atoms with Gasteiger partial charge in [0.15, 0.2) is 5.78 Å². The molecule has 0 bridgehead atoms. The zero-order valence-corrected chi connectivity index (χ0v) is 11.2. The maximum absolute atomic E-state index is 12.3. The van der Waals surface area contributed by atoms with Crippen LogP contribution in [-0.4, -0.2) is 35.3 Å². The molecule has 1 N–H and O–H groups in total. The van der Waals surface area contributed by atoms with Crippen molar-refractivity contribution >= 4 is 16.7 Å². The first kappa shape index (κ1) is 12.8. The number of nitrogens with one attached hydrogen (secondary N) is 1. The molecule has 3 heteroatoms. The second-order valence-electron chi connectivity index (χ2n) is 4.84. The maximum atomic E-state index is 12.3. The van der Waals surface area contributed by atoms with Crippen molar-refractivity contribution in [3.8, 4) is 0 Å². The highest BCUT2D eigenvalue weighted by Crippen LogP contribution is 2.18. The van der Waals surface area contributed by atoms with Crippen LogP contribution in [0.15, 0.2) is 30.5 Å². The lowest BCUT2D eigenvalue weighted by Crippen LogP contribution is -2.33. The molecule has 96 valence electrons. The number of carbonyl (C=O) groups is 1. The number of aromatic amines is 1. The summed E-state index contributed by atoms with van der Waals surface area (Å²) in [5, 5.41) is 1.01. The van der Waals surface area contributed by atoms with Gasteiger partial charge in [-0.3, -0.25) is 9.69 Å². The first-order valence-corrected chi connectivity index (χ1v) is 6.43. The Hall–Kier alpha value is -1.61. The van der Waals surface area contributed by atoms with E-state index < -0.39 is 0 Å². The minimum Gasteiger partial charge on any atom is -0.360 e. The Morgan fingerprint density at radius 2 is 2.11 bits per heavy atom. The molecular weight excluding hydrogens is 224 g/mol. The number of likely N-dealkylation sites (N-methyl/N-ethyl adjacent to an activating group) is 1. The van der Waals surface area contributed by atoms with E-state index in [2.05, 4.69) is 23.7 Å². The molecule has 0 aliphatic carbocycles. The Morgan fingerprint density at radius 1 is 1.39 bits per heavy atom. The molecule has 1 atom stereocenters. The van der Waals surface area contributed by atoms with Gasteiger partial charge < -0.3 is 4.98 Å². The fraction of sp³-hybridized carbons (Fsp3) is 0.400. The zero-order chi connectivity index (χ0) is 13.1. The lowest BCUT2D eigenvalue weighted by molar-refractivity contribution is 0.0925. The number of carbonyl (C=O) groups excluding carboxylic acids is 1. The number of fused-ring (bicyclic) bond motifs is 1. The fourth-order valence-corrected chi connectivity index (χ4v) is 2.08. The van der Waals surface area contributed by atoms with Crippen LogP contribution in [0.4, 0.5) is 0 Å². The number of benzene rings is 1. The number of aromatic nitrogens is 1. The van der Waals surface area contributed by atoms with Gasteiger partial charge >= 0.3 is 0 Å². The zero-order valence-electron chi connectivity index (χ0n) is 11.2. The highest BCUT2D eigenvalue weighted by atomic mass is 16.1. The average molecular weight is 244 g/mol. The molecule has 0 aliphatic rings. The third-order valence-corrected chi connectivity index (χ3v) is 3.63. The molecule has 0 aliphatic heterocycles. The fourth-order valence-electron chi connectivity index (χ4n) is 2.08. The number of H-pyrrole nitrogens is 1. The van der Waals surface area contributed by atoms with E-state index in [-0.39, 0.29) is 5.78 Å². The molecular formula is C15H20N2O. The molecule has 0 amide bonds. The molecule has 1 aromatic carbocycles. The summed E-state index contributed by atoms with van der Waals surface area (Å²) in [7, 11) is 2.00. The highest BCUT2D eigenvalue weighted by Gasteiger charge is 2.16. The monoisotopic (exact) mass is 244 g/mol. The third-order valence-electron chi connectivity index (χ3n) is 3.63. The summed E-state index contributed by atoms with van der Waals surface area (Å²) in [5.41, 5.74) is 1.81. The summed E-state index contributed by atoms with van der Waals surface area (Å²) in [6.45, 7) is 4.75. The van der Waals surface area contributed by atoms with Crippen molar-refractivity contribution in [3.05, 3.63) is 36.0 Å². The van der Waals surface area contributed by atoms with Crippen LogP contribution >= 0.6 is 0 Å². The van der Waals surface area contributed by atoms with Gasteiger partial charge in [-0.15, -0.1) is 0 Å². The summed E-state index contributed by atoms with van der Waals surface area (Å²) in [5.74, 6) is 0.176. The van der Waals surface area contributed by atoms with Crippen LogP contribution in [0.3, 0.4) is 0 Å². The molecule has 0 fully saturated rings. The lowest BCUT2D eigenvalue weighted by Gasteiger charge is -2.22. The maximum Gasteiger partial charge on any atom is 0.178 e. The van der Waals surface area contributed by atoms with Crippen LogP contribution in [0.2, 0.25) is 0 Å². The predicted octanol–water partition coefficient (Wildman–Crippen LogP) is 3.08. The Kier molecular flexibility index (Phi) is 3.82. The van der Waals surface area contributed by atoms with Gasteiger partial charge in [-0.05, 0) is 26.5 Å². The summed E-state index contributed by atoms with van der Waals surface area (Å²) < 4.78 is 0. The van der Waals surface area contributed by atoms with E-state index in [0.29, 0.717) is 12.6 Å². The first-order valence-electron chi connectivity index (χ1n) is 6.43. The Labute approximate surface area is 108 Å². The van der Waals surface area contributed by atoms with Gasteiger partial charge in [-0.2, -0.15) is 0 Å². The van der Waals surface area contributed by atoms with E-state index in [9.17, 15) is 4.79 Å². The molecule has 1 unspecified atom stereocenters. The minimum absolute atomic E-state index is 0.176. The van der Waals surface area contributed by atoms with Gasteiger partial charge in [-0.1, -0.05) is 25.1 Å². The van der Waals surface area contributed by atoms with Crippen molar-refractivity contribution in [1.82, 2.24) is 9.88 Å². The molecule has 0 saturated carbocycles. The predicted molar refractivity (Wildman–Crippen MR) is 75.0 cm³/mol. The summed E-state index contributed by atoms with van der Waals surface area (Å²) in [6.07, 6.45) is 2.87. The summed E-state index contributed by atoms with van der Waals surface area (Å²) in [6, 6.07) is 8.34. The van der Waals surface area contributed by atoms with Gasteiger partial charge in [0.2, 0.25) is 0 Å².